The molecule has 0 aliphatic heterocycles. The number of thiophene rings is 1. The summed E-state index contributed by atoms with van der Waals surface area (Å²) >= 11 is 4.88. The second-order valence-corrected chi connectivity index (χ2v) is 4.45. The molecule has 0 amide bonds. The first-order chi connectivity index (χ1) is 6.16. The maximum absolute atomic E-state index is 10.9. The number of hydrogen-bond acceptors (Lipinski definition) is 2. The first-order valence-electron chi connectivity index (χ1n) is 4.11. The van der Waals surface area contributed by atoms with Crippen molar-refractivity contribution in [3.8, 4) is 0 Å². The third kappa shape index (κ3) is 2.54. The number of hydrogen-bond donors (Lipinski definition) is 1. The van der Waals surface area contributed by atoms with Crippen molar-refractivity contribution in [1.29, 1.82) is 0 Å². The predicted molar refractivity (Wildman–Crippen MR) is 57.3 cm³/mol. The molecule has 13 heavy (non-hydrogen) atoms. The molecular weight excluding hydrogens is 252 g/mol. The minimum absolute atomic E-state index is 0.356. The number of halogens is 1. The summed E-state index contributed by atoms with van der Waals surface area (Å²) in [6, 6.07) is 0. The molecule has 0 aromatic carbocycles. The second kappa shape index (κ2) is 4.77. The van der Waals surface area contributed by atoms with Crippen molar-refractivity contribution in [3.05, 3.63) is 20.8 Å². The third-order valence-corrected chi connectivity index (χ3v) is 3.64. The summed E-state index contributed by atoms with van der Waals surface area (Å²) in [6.07, 6.45) is 1.59. The summed E-state index contributed by atoms with van der Waals surface area (Å²) in [6.45, 7) is 2.00. The van der Waals surface area contributed by atoms with Crippen LogP contribution in [0.15, 0.2) is 15.2 Å². The summed E-state index contributed by atoms with van der Waals surface area (Å²) in [4.78, 5) is 10.9. The van der Waals surface area contributed by atoms with E-state index < -0.39 is 5.97 Å². The maximum Gasteiger partial charge on any atom is 0.311 e. The molecule has 1 aromatic rings. The Hall–Kier alpha value is -0.350. The molecule has 0 spiro atoms. The van der Waals surface area contributed by atoms with Crippen LogP contribution in [0.2, 0.25) is 0 Å². The molecule has 1 aromatic heterocycles. The van der Waals surface area contributed by atoms with Gasteiger partial charge in [0.15, 0.2) is 0 Å². The zero-order valence-corrected chi connectivity index (χ0v) is 9.69. The Bertz CT molecular complexity index is 296. The number of carbonyl (C=O) groups is 1. The molecule has 0 fully saturated rings. The Balaban J connectivity index is 2.88. The van der Waals surface area contributed by atoms with Gasteiger partial charge in [-0.15, -0.1) is 0 Å². The minimum Gasteiger partial charge on any atom is -0.481 e. The molecule has 0 aliphatic carbocycles. The smallest absolute Gasteiger partial charge is 0.311 e. The van der Waals surface area contributed by atoms with E-state index in [2.05, 4.69) is 15.9 Å². The molecule has 1 atom stereocenters. The van der Waals surface area contributed by atoms with Gasteiger partial charge >= 0.3 is 5.97 Å². The highest BCUT2D eigenvalue weighted by Gasteiger charge is 2.21. The monoisotopic (exact) mass is 262 g/mol. The standard InChI is InChI=1S/C9H11BrO2S/c1-2-3-6(9(11)12)7-4-13-5-8(7)10/h4-6H,2-3H2,1H3,(H,11,12). The largest absolute Gasteiger partial charge is 0.481 e. The van der Waals surface area contributed by atoms with E-state index in [1.54, 1.807) is 0 Å². The SMILES string of the molecule is CCCC(C(=O)O)c1cscc1Br. The van der Waals surface area contributed by atoms with E-state index in [1.807, 2.05) is 17.7 Å². The van der Waals surface area contributed by atoms with Gasteiger partial charge in [-0.2, -0.15) is 11.3 Å². The minimum atomic E-state index is -0.735. The van der Waals surface area contributed by atoms with Crippen LogP contribution in [-0.2, 0) is 4.79 Å². The topological polar surface area (TPSA) is 37.3 Å². The number of aliphatic carboxylic acids is 1. The molecule has 1 heterocycles. The fourth-order valence-electron chi connectivity index (χ4n) is 1.24. The zero-order chi connectivity index (χ0) is 9.84. The molecule has 2 nitrogen and oxygen atoms in total. The average molecular weight is 263 g/mol. The van der Waals surface area contributed by atoms with E-state index in [1.165, 1.54) is 11.3 Å². The van der Waals surface area contributed by atoms with E-state index in [0.717, 1.165) is 16.5 Å². The van der Waals surface area contributed by atoms with Gasteiger partial charge in [0.25, 0.3) is 0 Å². The first-order valence-corrected chi connectivity index (χ1v) is 5.84. The van der Waals surface area contributed by atoms with Crippen molar-refractivity contribution in [3.63, 3.8) is 0 Å². The summed E-state index contributed by atoms with van der Waals surface area (Å²) < 4.78 is 0.915. The third-order valence-electron chi connectivity index (χ3n) is 1.89. The lowest BCUT2D eigenvalue weighted by molar-refractivity contribution is -0.139. The van der Waals surface area contributed by atoms with E-state index in [-0.39, 0.29) is 5.92 Å². The van der Waals surface area contributed by atoms with E-state index in [9.17, 15) is 4.79 Å². The molecule has 0 aliphatic rings. The van der Waals surface area contributed by atoms with Crippen LogP contribution in [0, 0.1) is 0 Å². The molecule has 4 heteroatoms. The van der Waals surface area contributed by atoms with Crippen LogP contribution in [0.25, 0.3) is 0 Å². The van der Waals surface area contributed by atoms with E-state index >= 15 is 0 Å². The number of carboxylic acid groups (broad SMARTS) is 1. The zero-order valence-electron chi connectivity index (χ0n) is 7.29. The van der Waals surface area contributed by atoms with Crippen LogP contribution in [0.4, 0.5) is 0 Å². The van der Waals surface area contributed by atoms with Crippen molar-refractivity contribution in [2.75, 3.05) is 0 Å². The summed E-state index contributed by atoms with van der Waals surface area (Å²) in [7, 11) is 0. The van der Waals surface area contributed by atoms with Gasteiger partial charge in [-0.1, -0.05) is 13.3 Å². The molecule has 0 bridgehead atoms. The lowest BCUT2D eigenvalue weighted by atomic mass is 9.97. The quantitative estimate of drug-likeness (QED) is 0.902. The normalized spacial score (nSPS) is 12.8. The van der Waals surface area contributed by atoms with Crippen LogP contribution in [0.3, 0.4) is 0 Å². The van der Waals surface area contributed by atoms with Gasteiger partial charge in [0.2, 0.25) is 0 Å². The van der Waals surface area contributed by atoms with Gasteiger partial charge in [0, 0.05) is 9.85 Å². The number of rotatable bonds is 4. The fraction of sp³-hybridized carbons (Fsp3) is 0.444. The summed E-state index contributed by atoms with van der Waals surface area (Å²) in [5.41, 5.74) is 0.902. The Kier molecular flexibility index (Phi) is 3.93. The van der Waals surface area contributed by atoms with Crippen molar-refractivity contribution >= 4 is 33.2 Å². The first kappa shape index (κ1) is 10.7. The van der Waals surface area contributed by atoms with Crippen LogP contribution < -0.4 is 0 Å². The fourth-order valence-corrected chi connectivity index (χ4v) is 2.87. The van der Waals surface area contributed by atoms with Gasteiger partial charge in [0.1, 0.15) is 0 Å². The van der Waals surface area contributed by atoms with Gasteiger partial charge in [-0.25, -0.2) is 0 Å². The van der Waals surface area contributed by atoms with Crippen LogP contribution in [0.1, 0.15) is 31.2 Å². The molecule has 1 N–H and O–H groups in total. The van der Waals surface area contributed by atoms with Gasteiger partial charge < -0.3 is 5.11 Å². The highest BCUT2D eigenvalue weighted by Crippen LogP contribution is 2.31. The molecule has 1 rings (SSSR count). The average Bonchev–Trinajstić information content (AvgIpc) is 2.47. The maximum atomic E-state index is 10.9. The second-order valence-electron chi connectivity index (χ2n) is 2.85. The molecule has 72 valence electrons. The molecular formula is C9H11BrO2S. The lowest BCUT2D eigenvalue weighted by Gasteiger charge is -2.09. The highest BCUT2D eigenvalue weighted by atomic mass is 79.9. The van der Waals surface area contributed by atoms with Gasteiger partial charge in [0.05, 0.1) is 5.92 Å². The van der Waals surface area contributed by atoms with Crippen LogP contribution in [-0.4, -0.2) is 11.1 Å². The summed E-state index contributed by atoms with van der Waals surface area (Å²) in [5.74, 6) is -1.09. The van der Waals surface area contributed by atoms with Crippen molar-refractivity contribution in [2.45, 2.75) is 25.7 Å². The molecule has 0 saturated heterocycles. The molecule has 0 radical (unpaired) electrons. The van der Waals surface area contributed by atoms with E-state index in [0.29, 0.717) is 6.42 Å². The Morgan fingerprint density at radius 2 is 2.38 bits per heavy atom. The van der Waals surface area contributed by atoms with Crippen LogP contribution in [0.5, 0.6) is 0 Å². The Morgan fingerprint density at radius 3 is 2.77 bits per heavy atom. The van der Waals surface area contributed by atoms with E-state index in [4.69, 9.17) is 5.11 Å². The van der Waals surface area contributed by atoms with Crippen molar-refractivity contribution in [2.24, 2.45) is 0 Å². The van der Waals surface area contributed by atoms with Gasteiger partial charge in [-0.05, 0) is 33.3 Å². The van der Waals surface area contributed by atoms with Crippen LogP contribution >= 0.6 is 27.3 Å². The van der Waals surface area contributed by atoms with Crippen molar-refractivity contribution < 1.29 is 9.90 Å². The summed E-state index contributed by atoms with van der Waals surface area (Å²) in [5, 5.41) is 12.8. The highest BCUT2D eigenvalue weighted by molar-refractivity contribution is 9.10. The van der Waals surface area contributed by atoms with Gasteiger partial charge in [-0.3, -0.25) is 4.79 Å². The predicted octanol–water partition coefficient (Wildman–Crippen LogP) is 3.48. The lowest BCUT2D eigenvalue weighted by Crippen LogP contribution is -2.10. The van der Waals surface area contributed by atoms with Crippen molar-refractivity contribution in [1.82, 2.24) is 0 Å². The Morgan fingerprint density at radius 1 is 1.69 bits per heavy atom. The molecule has 0 saturated carbocycles. The number of carboxylic acids is 1. The Labute approximate surface area is 89.7 Å². The molecule has 1 unspecified atom stereocenters.